The summed E-state index contributed by atoms with van der Waals surface area (Å²) in [5.74, 6) is -0.104. The van der Waals surface area contributed by atoms with Gasteiger partial charge in [0.1, 0.15) is 6.54 Å². The van der Waals surface area contributed by atoms with Crippen LogP contribution in [0, 0.1) is 19.8 Å². The second-order valence-electron chi connectivity index (χ2n) is 6.66. The fourth-order valence-corrected chi connectivity index (χ4v) is 3.43. The van der Waals surface area contributed by atoms with Gasteiger partial charge in [0.2, 0.25) is 5.91 Å². The Morgan fingerprint density at radius 2 is 2.12 bits per heavy atom. The summed E-state index contributed by atoms with van der Waals surface area (Å²) < 4.78 is 38.8. The van der Waals surface area contributed by atoms with Gasteiger partial charge in [-0.05, 0) is 47.1 Å². The molecule has 0 aromatic carbocycles. The molecule has 1 unspecified atom stereocenters. The maximum atomic E-state index is 12.6. The molecule has 0 bridgehead atoms. The Morgan fingerprint density at radius 3 is 2.71 bits per heavy atom. The van der Waals surface area contributed by atoms with Crippen LogP contribution in [-0.4, -0.2) is 34.5 Å². The first-order valence-electron chi connectivity index (χ1n) is 8.23. The van der Waals surface area contributed by atoms with Crippen LogP contribution < -0.4 is 10.6 Å². The van der Waals surface area contributed by atoms with Gasteiger partial charge in [0, 0.05) is 23.2 Å². The highest BCUT2D eigenvalue weighted by Crippen LogP contribution is 2.26. The van der Waals surface area contributed by atoms with Gasteiger partial charge in [-0.3, -0.25) is 9.48 Å². The van der Waals surface area contributed by atoms with Crippen molar-refractivity contribution in [3.05, 3.63) is 17.0 Å². The first-order chi connectivity index (χ1) is 11.1. The van der Waals surface area contributed by atoms with Crippen LogP contribution in [0.25, 0.3) is 0 Å². The topological polar surface area (TPSA) is 59.0 Å². The standard InChI is InChI=1S/C16H25F3N4O/c1-9-7-13(5-6-20-9)15(24)21-10(2)14-11(3)22-23(12(14)4)8-16(17,18)19/h9-10,13,20H,5-8H2,1-4H3,(H,21,24)/t9-,10?,13-/m0/s1. The van der Waals surface area contributed by atoms with Gasteiger partial charge in [-0.25, -0.2) is 0 Å². The number of hydrogen-bond acceptors (Lipinski definition) is 3. The van der Waals surface area contributed by atoms with Crippen molar-refractivity contribution in [2.45, 2.75) is 65.3 Å². The number of halogens is 3. The number of hydrogen-bond donors (Lipinski definition) is 2. The quantitative estimate of drug-likeness (QED) is 0.881. The van der Waals surface area contributed by atoms with Crippen LogP contribution in [0.4, 0.5) is 13.2 Å². The molecular formula is C16H25F3N4O. The molecule has 2 N–H and O–H groups in total. The summed E-state index contributed by atoms with van der Waals surface area (Å²) in [4.78, 5) is 12.4. The molecule has 2 rings (SSSR count). The molecule has 0 spiro atoms. The molecule has 1 aromatic heterocycles. The molecule has 1 amide bonds. The molecule has 2 heterocycles. The molecule has 1 aliphatic heterocycles. The molecule has 5 nitrogen and oxygen atoms in total. The van der Waals surface area contributed by atoms with Crippen molar-refractivity contribution in [3.8, 4) is 0 Å². The van der Waals surface area contributed by atoms with Gasteiger partial charge in [0.15, 0.2) is 0 Å². The Balaban J connectivity index is 2.09. The average molecular weight is 346 g/mol. The van der Waals surface area contributed by atoms with E-state index in [1.807, 2.05) is 6.92 Å². The average Bonchev–Trinajstić information content (AvgIpc) is 2.71. The summed E-state index contributed by atoms with van der Waals surface area (Å²) >= 11 is 0. The minimum Gasteiger partial charge on any atom is -0.349 e. The number of nitrogens with one attached hydrogen (secondary N) is 2. The second-order valence-corrected chi connectivity index (χ2v) is 6.66. The van der Waals surface area contributed by atoms with Gasteiger partial charge in [-0.1, -0.05) is 0 Å². The van der Waals surface area contributed by atoms with E-state index >= 15 is 0 Å². The van der Waals surface area contributed by atoms with E-state index in [0.717, 1.165) is 24.1 Å². The van der Waals surface area contributed by atoms with Crippen LogP contribution in [0.5, 0.6) is 0 Å². The normalized spacial score (nSPS) is 23.1. The molecule has 1 saturated heterocycles. The highest BCUT2D eigenvalue weighted by Gasteiger charge is 2.31. The Bertz CT molecular complexity index is 597. The van der Waals surface area contributed by atoms with Crippen molar-refractivity contribution in [2.24, 2.45) is 5.92 Å². The zero-order valence-electron chi connectivity index (χ0n) is 14.5. The summed E-state index contributed by atoms with van der Waals surface area (Å²) in [6, 6.07) is -0.0764. The fourth-order valence-electron chi connectivity index (χ4n) is 3.43. The Morgan fingerprint density at radius 1 is 1.46 bits per heavy atom. The van der Waals surface area contributed by atoms with Crippen molar-refractivity contribution in [1.29, 1.82) is 0 Å². The number of aryl methyl sites for hydroxylation is 1. The van der Waals surface area contributed by atoms with Gasteiger partial charge in [0.05, 0.1) is 11.7 Å². The third kappa shape index (κ3) is 4.49. The van der Waals surface area contributed by atoms with E-state index in [1.54, 1.807) is 20.8 Å². The van der Waals surface area contributed by atoms with Crippen LogP contribution in [0.3, 0.4) is 0 Å². The summed E-state index contributed by atoms with van der Waals surface area (Å²) in [5.41, 5.74) is 1.62. The van der Waals surface area contributed by atoms with Crippen LogP contribution >= 0.6 is 0 Å². The van der Waals surface area contributed by atoms with Crippen molar-refractivity contribution in [2.75, 3.05) is 6.54 Å². The largest absolute Gasteiger partial charge is 0.408 e. The summed E-state index contributed by atoms with van der Waals surface area (Å²) in [6.07, 6.45) is -2.78. The molecule has 1 aliphatic rings. The molecule has 8 heteroatoms. The molecule has 1 fully saturated rings. The minimum atomic E-state index is -4.32. The number of carbonyl (C=O) groups excluding carboxylic acids is 1. The van der Waals surface area contributed by atoms with Crippen molar-refractivity contribution < 1.29 is 18.0 Å². The maximum absolute atomic E-state index is 12.6. The number of aromatic nitrogens is 2. The van der Waals surface area contributed by atoms with E-state index in [-0.39, 0.29) is 17.9 Å². The molecule has 1 aromatic rings. The lowest BCUT2D eigenvalue weighted by molar-refractivity contribution is -0.143. The predicted octanol–water partition coefficient (Wildman–Crippen LogP) is 2.63. The monoisotopic (exact) mass is 346 g/mol. The first-order valence-corrected chi connectivity index (χ1v) is 8.23. The highest BCUT2D eigenvalue weighted by atomic mass is 19.4. The van der Waals surface area contributed by atoms with Crippen LogP contribution in [0.2, 0.25) is 0 Å². The van der Waals surface area contributed by atoms with Gasteiger partial charge in [-0.2, -0.15) is 18.3 Å². The van der Waals surface area contributed by atoms with E-state index < -0.39 is 12.7 Å². The van der Waals surface area contributed by atoms with Crippen LogP contribution in [0.1, 0.15) is 49.7 Å². The van der Waals surface area contributed by atoms with E-state index in [9.17, 15) is 18.0 Å². The van der Waals surface area contributed by atoms with E-state index in [4.69, 9.17) is 0 Å². The first kappa shape index (κ1) is 18.8. The van der Waals surface area contributed by atoms with E-state index in [2.05, 4.69) is 15.7 Å². The van der Waals surface area contributed by atoms with Crippen molar-refractivity contribution in [3.63, 3.8) is 0 Å². The highest BCUT2D eigenvalue weighted by molar-refractivity contribution is 5.79. The summed E-state index contributed by atoms with van der Waals surface area (Å²) in [6.45, 7) is 6.79. The van der Waals surface area contributed by atoms with Crippen LogP contribution in [0.15, 0.2) is 0 Å². The van der Waals surface area contributed by atoms with Crippen LogP contribution in [-0.2, 0) is 11.3 Å². The molecule has 0 radical (unpaired) electrons. The van der Waals surface area contributed by atoms with E-state index in [1.165, 1.54) is 0 Å². The van der Waals surface area contributed by atoms with Gasteiger partial charge < -0.3 is 10.6 Å². The third-order valence-electron chi connectivity index (χ3n) is 4.55. The van der Waals surface area contributed by atoms with E-state index in [0.29, 0.717) is 23.0 Å². The molecular weight excluding hydrogens is 321 g/mol. The van der Waals surface area contributed by atoms with Gasteiger partial charge >= 0.3 is 6.18 Å². The van der Waals surface area contributed by atoms with Gasteiger partial charge in [-0.15, -0.1) is 0 Å². The zero-order chi connectivity index (χ0) is 18.1. The number of carbonyl (C=O) groups is 1. The second kappa shape index (κ2) is 7.13. The smallest absolute Gasteiger partial charge is 0.349 e. The Labute approximate surface area is 140 Å². The maximum Gasteiger partial charge on any atom is 0.408 e. The summed E-state index contributed by atoms with van der Waals surface area (Å²) in [7, 11) is 0. The fraction of sp³-hybridized carbons (Fsp3) is 0.750. The molecule has 0 aliphatic carbocycles. The summed E-state index contributed by atoms with van der Waals surface area (Å²) in [5, 5.41) is 10.2. The van der Waals surface area contributed by atoms with Crippen molar-refractivity contribution >= 4 is 5.91 Å². The number of rotatable bonds is 4. The molecule has 0 saturated carbocycles. The number of amides is 1. The molecule has 24 heavy (non-hydrogen) atoms. The zero-order valence-corrected chi connectivity index (χ0v) is 14.5. The minimum absolute atomic E-state index is 0.0433. The lowest BCUT2D eigenvalue weighted by Crippen LogP contribution is -2.43. The molecule has 3 atom stereocenters. The number of piperidine rings is 1. The van der Waals surface area contributed by atoms with Crippen molar-refractivity contribution in [1.82, 2.24) is 20.4 Å². The predicted molar refractivity (Wildman–Crippen MR) is 84.5 cm³/mol. The Hall–Kier alpha value is -1.57. The Kier molecular flexibility index (Phi) is 5.57. The lowest BCUT2D eigenvalue weighted by Gasteiger charge is -2.28. The third-order valence-corrected chi connectivity index (χ3v) is 4.55. The lowest BCUT2D eigenvalue weighted by atomic mass is 9.92. The molecule has 136 valence electrons. The number of nitrogens with zero attached hydrogens (tertiary/aromatic N) is 2. The van der Waals surface area contributed by atoms with Gasteiger partial charge in [0.25, 0.3) is 0 Å². The number of alkyl halides is 3. The SMILES string of the molecule is Cc1nn(CC(F)(F)F)c(C)c1C(C)NC(=O)[C@H]1CCN[C@@H](C)C1.